The van der Waals surface area contributed by atoms with Crippen molar-refractivity contribution in [2.24, 2.45) is 0 Å². The monoisotopic (exact) mass is 513 g/mol. The van der Waals surface area contributed by atoms with E-state index in [1.807, 2.05) is 47.4 Å². The Morgan fingerprint density at radius 2 is 1.57 bits per heavy atom. The molecule has 7 nitrogen and oxygen atoms in total. The lowest BCUT2D eigenvalue weighted by Crippen LogP contribution is -2.47. The number of amides is 2. The molecule has 2 amide bonds. The summed E-state index contributed by atoms with van der Waals surface area (Å²) in [6.45, 7) is 3.65. The Kier molecular flexibility index (Phi) is 8.10. The SMILES string of the molecule is C[C@@H](C(=O)Nc1cc(NC(=O)c2ccc(-c3ccccc3)cc2)ccc1OC(F)(F)F)N1CCOCC1. The molecule has 10 heteroatoms. The number of nitrogens with zero attached hydrogens (tertiary/aromatic N) is 1. The highest BCUT2D eigenvalue weighted by atomic mass is 19.4. The molecule has 1 aliphatic rings. The van der Waals surface area contributed by atoms with Crippen molar-refractivity contribution in [3.05, 3.63) is 78.4 Å². The molecule has 0 aromatic heterocycles. The van der Waals surface area contributed by atoms with E-state index >= 15 is 0 Å². The van der Waals surface area contributed by atoms with Gasteiger partial charge in [-0.05, 0) is 48.4 Å². The first-order chi connectivity index (χ1) is 17.7. The summed E-state index contributed by atoms with van der Waals surface area (Å²) in [6, 6.07) is 19.5. The molecule has 0 spiro atoms. The maximum atomic E-state index is 13.0. The summed E-state index contributed by atoms with van der Waals surface area (Å²) in [7, 11) is 0. The molecule has 4 rings (SSSR count). The first-order valence-corrected chi connectivity index (χ1v) is 11.7. The van der Waals surface area contributed by atoms with Crippen molar-refractivity contribution >= 4 is 23.2 Å². The molecule has 1 saturated heterocycles. The second kappa shape index (κ2) is 11.4. The molecule has 3 aromatic rings. The molecule has 2 N–H and O–H groups in total. The highest BCUT2D eigenvalue weighted by molar-refractivity contribution is 6.05. The van der Waals surface area contributed by atoms with E-state index in [2.05, 4.69) is 15.4 Å². The van der Waals surface area contributed by atoms with Gasteiger partial charge in [0.1, 0.15) is 0 Å². The summed E-state index contributed by atoms with van der Waals surface area (Å²) < 4.78 is 48.3. The van der Waals surface area contributed by atoms with Crippen LogP contribution in [0.1, 0.15) is 17.3 Å². The van der Waals surface area contributed by atoms with E-state index < -0.39 is 30.0 Å². The van der Waals surface area contributed by atoms with Crippen LogP contribution < -0.4 is 15.4 Å². The van der Waals surface area contributed by atoms with Gasteiger partial charge in [0.25, 0.3) is 5.91 Å². The third kappa shape index (κ3) is 7.08. The fourth-order valence-electron chi connectivity index (χ4n) is 3.93. The number of halogens is 3. The predicted octanol–water partition coefficient (Wildman–Crippen LogP) is 5.16. The van der Waals surface area contributed by atoms with Crippen LogP contribution in [0.25, 0.3) is 11.1 Å². The van der Waals surface area contributed by atoms with Gasteiger partial charge in [0.2, 0.25) is 5.91 Å². The third-order valence-electron chi connectivity index (χ3n) is 5.95. The molecular formula is C27H26F3N3O4. The van der Waals surface area contributed by atoms with Crippen LogP contribution in [-0.2, 0) is 9.53 Å². The highest BCUT2D eigenvalue weighted by Crippen LogP contribution is 2.33. The lowest BCUT2D eigenvalue weighted by molar-refractivity contribution is -0.274. The molecule has 0 radical (unpaired) electrons. The van der Waals surface area contributed by atoms with E-state index in [9.17, 15) is 22.8 Å². The summed E-state index contributed by atoms with van der Waals surface area (Å²) in [5, 5.41) is 5.17. The number of carbonyl (C=O) groups excluding carboxylic acids is 2. The van der Waals surface area contributed by atoms with Gasteiger partial charge in [-0.15, -0.1) is 13.2 Å². The molecule has 1 fully saturated rings. The zero-order valence-electron chi connectivity index (χ0n) is 20.0. The van der Waals surface area contributed by atoms with Crippen LogP contribution in [0.2, 0.25) is 0 Å². The predicted molar refractivity (Wildman–Crippen MR) is 133 cm³/mol. The number of hydrogen-bond acceptors (Lipinski definition) is 5. The number of nitrogens with one attached hydrogen (secondary N) is 2. The number of morpholine rings is 1. The van der Waals surface area contributed by atoms with E-state index in [4.69, 9.17) is 4.74 Å². The fourth-order valence-corrected chi connectivity index (χ4v) is 3.93. The highest BCUT2D eigenvalue weighted by Gasteiger charge is 2.33. The van der Waals surface area contributed by atoms with Gasteiger partial charge in [-0.25, -0.2) is 0 Å². The van der Waals surface area contributed by atoms with Gasteiger partial charge < -0.3 is 20.1 Å². The van der Waals surface area contributed by atoms with Gasteiger partial charge >= 0.3 is 6.36 Å². The second-order valence-electron chi connectivity index (χ2n) is 8.47. The van der Waals surface area contributed by atoms with Crippen molar-refractivity contribution in [3.63, 3.8) is 0 Å². The molecule has 1 atom stereocenters. The fraction of sp³-hybridized carbons (Fsp3) is 0.259. The van der Waals surface area contributed by atoms with Gasteiger partial charge in [-0.1, -0.05) is 42.5 Å². The molecular weight excluding hydrogens is 487 g/mol. The van der Waals surface area contributed by atoms with Crippen LogP contribution in [0.15, 0.2) is 72.8 Å². The lowest BCUT2D eigenvalue weighted by Gasteiger charge is -2.31. The minimum absolute atomic E-state index is 0.195. The van der Waals surface area contributed by atoms with E-state index in [1.165, 1.54) is 12.1 Å². The number of carbonyl (C=O) groups is 2. The van der Waals surface area contributed by atoms with Crippen LogP contribution in [-0.4, -0.2) is 55.4 Å². The Hall–Kier alpha value is -3.89. The Morgan fingerprint density at radius 3 is 2.22 bits per heavy atom. The van der Waals surface area contributed by atoms with E-state index in [0.29, 0.717) is 31.9 Å². The Balaban J connectivity index is 1.50. The van der Waals surface area contributed by atoms with Crippen LogP contribution in [0.5, 0.6) is 5.75 Å². The minimum Gasteiger partial charge on any atom is -0.404 e. The number of anilines is 2. The van der Waals surface area contributed by atoms with Crippen molar-refractivity contribution in [2.45, 2.75) is 19.3 Å². The summed E-state index contributed by atoms with van der Waals surface area (Å²) in [6.07, 6.45) is -4.96. The van der Waals surface area contributed by atoms with Crippen LogP contribution in [0.3, 0.4) is 0 Å². The molecule has 0 saturated carbocycles. The van der Waals surface area contributed by atoms with Crippen LogP contribution >= 0.6 is 0 Å². The average molecular weight is 514 g/mol. The molecule has 1 aliphatic heterocycles. The smallest absolute Gasteiger partial charge is 0.404 e. The minimum atomic E-state index is -4.96. The summed E-state index contributed by atoms with van der Waals surface area (Å²) in [4.78, 5) is 27.5. The third-order valence-corrected chi connectivity index (χ3v) is 5.95. The molecule has 37 heavy (non-hydrogen) atoms. The standard InChI is InChI=1S/C27H26F3N3O4/c1-18(33-13-15-36-16-14-33)25(34)32-23-17-22(11-12-24(23)37-27(28,29)30)31-26(35)21-9-7-20(8-10-21)19-5-3-2-4-6-19/h2-12,17-18H,13-16H2,1H3,(H,31,35)(H,32,34)/t18-/m0/s1. The number of hydrogen-bond donors (Lipinski definition) is 2. The van der Waals surface area contributed by atoms with E-state index in [0.717, 1.165) is 17.2 Å². The van der Waals surface area contributed by atoms with Crippen LogP contribution in [0.4, 0.5) is 24.5 Å². The summed E-state index contributed by atoms with van der Waals surface area (Å²) in [5.41, 5.74) is 2.29. The van der Waals surface area contributed by atoms with Gasteiger partial charge in [0.15, 0.2) is 5.75 Å². The van der Waals surface area contributed by atoms with Crippen molar-refractivity contribution < 1.29 is 32.2 Å². The second-order valence-corrected chi connectivity index (χ2v) is 8.47. The Labute approximate surface area is 212 Å². The lowest BCUT2D eigenvalue weighted by atomic mass is 10.0. The van der Waals surface area contributed by atoms with Gasteiger partial charge in [-0.3, -0.25) is 14.5 Å². The van der Waals surface area contributed by atoms with Crippen LogP contribution in [0, 0.1) is 0 Å². The molecule has 1 heterocycles. The number of ether oxygens (including phenoxy) is 2. The zero-order valence-corrected chi connectivity index (χ0v) is 20.0. The summed E-state index contributed by atoms with van der Waals surface area (Å²) >= 11 is 0. The number of rotatable bonds is 7. The molecule has 3 aromatic carbocycles. The number of benzene rings is 3. The zero-order chi connectivity index (χ0) is 26.4. The van der Waals surface area contributed by atoms with Gasteiger partial charge in [0, 0.05) is 24.3 Å². The molecule has 194 valence electrons. The largest absolute Gasteiger partial charge is 0.573 e. The quantitative estimate of drug-likeness (QED) is 0.456. The Bertz CT molecular complexity index is 1230. The first-order valence-electron chi connectivity index (χ1n) is 11.7. The van der Waals surface area contributed by atoms with Gasteiger partial charge in [-0.2, -0.15) is 0 Å². The maximum absolute atomic E-state index is 13.0. The molecule has 0 unspecified atom stereocenters. The average Bonchev–Trinajstić information content (AvgIpc) is 2.90. The van der Waals surface area contributed by atoms with E-state index in [-0.39, 0.29) is 11.4 Å². The Morgan fingerprint density at radius 1 is 0.919 bits per heavy atom. The van der Waals surface area contributed by atoms with Crippen molar-refractivity contribution in [3.8, 4) is 16.9 Å². The topological polar surface area (TPSA) is 79.9 Å². The molecule has 0 bridgehead atoms. The van der Waals surface area contributed by atoms with Crippen molar-refractivity contribution in [2.75, 3.05) is 36.9 Å². The number of alkyl halides is 3. The molecule has 0 aliphatic carbocycles. The van der Waals surface area contributed by atoms with Crippen molar-refractivity contribution in [1.82, 2.24) is 4.90 Å². The van der Waals surface area contributed by atoms with Gasteiger partial charge in [0.05, 0.1) is 24.9 Å². The summed E-state index contributed by atoms with van der Waals surface area (Å²) in [5.74, 6) is -1.54. The maximum Gasteiger partial charge on any atom is 0.573 e. The van der Waals surface area contributed by atoms with Crippen molar-refractivity contribution in [1.29, 1.82) is 0 Å². The normalized spacial score (nSPS) is 15.0. The van der Waals surface area contributed by atoms with E-state index in [1.54, 1.807) is 19.1 Å². The first kappa shape index (κ1) is 26.2.